The molecular formula is C38H63BrO6Si. The zero-order chi connectivity index (χ0) is 34.1. The van der Waals surface area contributed by atoms with E-state index in [0.29, 0.717) is 24.3 Å². The van der Waals surface area contributed by atoms with Gasteiger partial charge in [-0.05, 0) is 67.6 Å². The van der Waals surface area contributed by atoms with Crippen molar-refractivity contribution in [1.82, 2.24) is 0 Å². The summed E-state index contributed by atoms with van der Waals surface area (Å²) in [5, 5.41) is 0.853. The molecule has 2 saturated heterocycles. The maximum absolute atomic E-state index is 13.7. The Hall–Kier alpha value is -1.06. The van der Waals surface area contributed by atoms with Crippen molar-refractivity contribution in [2.45, 2.75) is 167 Å². The molecule has 0 aromatic heterocycles. The summed E-state index contributed by atoms with van der Waals surface area (Å²) < 4.78 is 25.6. The highest BCUT2D eigenvalue weighted by Gasteiger charge is 2.49. The van der Waals surface area contributed by atoms with E-state index in [2.05, 4.69) is 70.6 Å². The maximum Gasteiger partial charge on any atom is 0.308 e. The fraction of sp³-hybridized carbons (Fsp3) is 0.789. The highest BCUT2D eigenvalue weighted by molar-refractivity contribution is 9.09. The molecule has 0 saturated carbocycles. The second-order valence-corrected chi connectivity index (χ2v) is 21.3. The molecule has 0 radical (unpaired) electrons. The van der Waals surface area contributed by atoms with Crippen LogP contribution in [0, 0.1) is 17.8 Å². The molecule has 2 fully saturated rings. The number of ketones is 1. The first-order valence-electron chi connectivity index (χ1n) is 17.9. The van der Waals surface area contributed by atoms with Crippen molar-refractivity contribution in [2.24, 2.45) is 17.8 Å². The van der Waals surface area contributed by atoms with Gasteiger partial charge in [0.05, 0.1) is 23.7 Å². The number of Topliss-reactive ketones (excluding diaryl/α,β-unsaturated/α-hetero) is 1. The Bertz CT molecular complexity index is 1090. The van der Waals surface area contributed by atoms with E-state index in [9.17, 15) is 9.59 Å². The Morgan fingerprint density at radius 3 is 2.41 bits per heavy atom. The lowest BCUT2D eigenvalue weighted by atomic mass is 9.87. The van der Waals surface area contributed by atoms with Crippen LogP contribution in [0.15, 0.2) is 30.3 Å². The van der Waals surface area contributed by atoms with Crippen LogP contribution in [-0.2, 0) is 34.8 Å². The normalized spacial score (nSPS) is 28.3. The minimum absolute atomic E-state index is 0.0519. The summed E-state index contributed by atoms with van der Waals surface area (Å²) in [6.45, 7) is 20.4. The van der Waals surface area contributed by atoms with E-state index in [1.54, 1.807) is 0 Å². The molecule has 2 aliphatic rings. The molecule has 2 heterocycles. The third-order valence-electron chi connectivity index (χ3n) is 10.7. The molecule has 262 valence electrons. The van der Waals surface area contributed by atoms with Crippen LogP contribution >= 0.6 is 15.9 Å². The van der Waals surface area contributed by atoms with Crippen LogP contribution in [-0.4, -0.2) is 55.4 Å². The zero-order valence-corrected chi connectivity index (χ0v) is 32.8. The Morgan fingerprint density at radius 2 is 1.78 bits per heavy atom. The predicted octanol–water partition coefficient (Wildman–Crippen LogP) is 9.82. The molecule has 0 bridgehead atoms. The predicted molar refractivity (Wildman–Crippen MR) is 193 cm³/mol. The van der Waals surface area contributed by atoms with E-state index in [-0.39, 0.29) is 52.5 Å². The van der Waals surface area contributed by atoms with E-state index in [1.807, 2.05) is 37.3 Å². The molecule has 1 aromatic rings. The number of halogens is 1. The number of esters is 1. The van der Waals surface area contributed by atoms with Crippen LogP contribution in [0.3, 0.4) is 0 Å². The molecule has 0 spiro atoms. The smallest absolute Gasteiger partial charge is 0.308 e. The molecule has 8 atom stereocenters. The molecular weight excluding hydrogens is 660 g/mol. The number of ether oxygens (including phenoxy) is 3. The largest absolute Gasteiger partial charge is 0.461 e. The quantitative estimate of drug-likeness (QED) is 0.0650. The van der Waals surface area contributed by atoms with Crippen LogP contribution in [0.4, 0.5) is 0 Å². The lowest BCUT2D eigenvalue weighted by molar-refractivity contribution is -0.149. The van der Waals surface area contributed by atoms with Crippen molar-refractivity contribution < 1.29 is 28.2 Å². The van der Waals surface area contributed by atoms with E-state index < -0.39 is 14.4 Å². The van der Waals surface area contributed by atoms with Gasteiger partial charge in [-0.1, -0.05) is 114 Å². The third kappa shape index (κ3) is 11.2. The van der Waals surface area contributed by atoms with Crippen LogP contribution in [0.1, 0.15) is 118 Å². The summed E-state index contributed by atoms with van der Waals surface area (Å²) in [5.74, 6) is 0.498. The molecule has 0 N–H and O–H groups in total. The van der Waals surface area contributed by atoms with E-state index in [0.717, 1.165) is 63.4 Å². The van der Waals surface area contributed by atoms with Crippen molar-refractivity contribution in [2.75, 3.05) is 5.33 Å². The Labute approximate surface area is 289 Å². The summed E-state index contributed by atoms with van der Waals surface area (Å²) in [4.78, 5) is 26.1. The summed E-state index contributed by atoms with van der Waals surface area (Å²) in [5.41, 5.74) is 0.617. The van der Waals surface area contributed by atoms with Gasteiger partial charge in [0.1, 0.15) is 12.7 Å². The molecule has 1 aromatic carbocycles. The number of rotatable bonds is 18. The number of carbonyl (C=O) groups excluding carboxylic acids is 2. The molecule has 46 heavy (non-hydrogen) atoms. The van der Waals surface area contributed by atoms with Gasteiger partial charge in [-0.15, -0.1) is 0 Å². The van der Waals surface area contributed by atoms with Gasteiger partial charge < -0.3 is 18.6 Å². The second kappa shape index (κ2) is 17.6. The molecule has 0 aliphatic carbocycles. The summed E-state index contributed by atoms with van der Waals surface area (Å²) in [7, 11) is -1.93. The maximum atomic E-state index is 13.7. The first-order chi connectivity index (χ1) is 21.6. The van der Waals surface area contributed by atoms with Crippen LogP contribution in [0.2, 0.25) is 18.1 Å². The minimum Gasteiger partial charge on any atom is -0.461 e. The summed E-state index contributed by atoms with van der Waals surface area (Å²) in [6, 6.07) is 9.80. The van der Waals surface area contributed by atoms with Crippen molar-refractivity contribution in [3.8, 4) is 0 Å². The average Bonchev–Trinajstić information content (AvgIpc) is 3.51. The molecule has 2 unspecified atom stereocenters. The highest BCUT2D eigenvalue weighted by atomic mass is 79.9. The number of unbranched alkanes of at least 4 members (excludes halogenated alkanes) is 1. The minimum atomic E-state index is -1.93. The van der Waals surface area contributed by atoms with Crippen molar-refractivity contribution in [3.05, 3.63) is 35.9 Å². The van der Waals surface area contributed by atoms with Crippen LogP contribution in [0.25, 0.3) is 0 Å². The van der Waals surface area contributed by atoms with Crippen LogP contribution in [0.5, 0.6) is 0 Å². The number of hydrogen-bond acceptors (Lipinski definition) is 6. The lowest BCUT2D eigenvalue weighted by Crippen LogP contribution is -2.46. The number of hydrogen-bond donors (Lipinski definition) is 0. The zero-order valence-electron chi connectivity index (χ0n) is 30.2. The third-order valence-corrected chi connectivity index (χ3v) is 16.3. The van der Waals surface area contributed by atoms with Gasteiger partial charge in [0.2, 0.25) is 0 Å². The summed E-state index contributed by atoms with van der Waals surface area (Å²) in [6.07, 6.45) is 8.62. The van der Waals surface area contributed by atoms with Crippen molar-refractivity contribution >= 4 is 36.0 Å². The first kappa shape index (κ1) is 39.4. The second-order valence-electron chi connectivity index (χ2n) is 16.0. The monoisotopic (exact) mass is 722 g/mol. The fourth-order valence-electron chi connectivity index (χ4n) is 6.93. The van der Waals surface area contributed by atoms with Gasteiger partial charge >= 0.3 is 5.97 Å². The highest BCUT2D eigenvalue weighted by Crippen LogP contribution is 2.44. The van der Waals surface area contributed by atoms with Gasteiger partial charge in [0, 0.05) is 24.3 Å². The number of carbonyl (C=O) groups is 2. The SMILES string of the molecule is CCC[C@H](CC1(CBr)C[C@@H](C)C(C(=O)C[C@H]2C[C@H](C)[C@H](CCCC[C@H](C)C(=O)OCc3ccccc3)O2)O1)O[Si](C)(C)C(C)(C)C. The van der Waals surface area contributed by atoms with Crippen LogP contribution < -0.4 is 0 Å². The summed E-state index contributed by atoms with van der Waals surface area (Å²) >= 11 is 3.77. The number of alkyl halides is 1. The topological polar surface area (TPSA) is 71.1 Å². The Morgan fingerprint density at radius 1 is 1.09 bits per heavy atom. The standard InChI is InChI=1S/C38H63BrO6Si/c1-10-16-31(45-46(8,9)37(5,6)7)24-38(26-39)23-29(4)35(44-38)33(40)22-32-21-28(3)34(43-32)20-15-14-17-27(2)36(41)42-25-30-18-12-11-13-19-30/h11-13,18-19,27-29,31-32,34-35H,10,14-17,20-26H2,1-9H3/t27-,28-,29+,31+,32+,34-,35?,38?/m0/s1. The fourth-order valence-corrected chi connectivity index (χ4v) is 8.91. The lowest BCUT2D eigenvalue weighted by Gasteiger charge is -2.41. The Balaban J connectivity index is 1.44. The van der Waals surface area contributed by atoms with Crippen molar-refractivity contribution in [3.63, 3.8) is 0 Å². The van der Waals surface area contributed by atoms with Gasteiger partial charge in [-0.25, -0.2) is 0 Å². The van der Waals surface area contributed by atoms with Gasteiger partial charge in [0.15, 0.2) is 14.1 Å². The van der Waals surface area contributed by atoms with E-state index in [4.69, 9.17) is 18.6 Å². The van der Waals surface area contributed by atoms with Gasteiger partial charge in [-0.2, -0.15) is 0 Å². The molecule has 3 rings (SSSR count). The van der Waals surface area contributed by atoms with Crippen molar-refractivity contribution in [1.29, 1.82) is 0 Å². The van der Waals surface area contributed by atoms with E-state index >= 15 is 0 Å². The molecule has 8 heteroatoms. The molecule has 2 aliphatic heterocycles. The van der Waals surface area contributed by atoms with E-state index in [1.165, 1.54) is 0 Å². The Kier molecular flexibility index (Phi) is 15.0. The van der Waals surface area contributed by atoms with Gasteiger partial charge in [0.25, 0.3) is 0 Å². The molecule has 0 amide bonds. The molecule has 6 nitrogen and oxygen atoms in total. The first-order valence-corrected chi connectivity index (χ1v) is 21.9. The number of benzene rings is 1. The average molecular weight is 724 g/mol. The van der Waals surface area contributed by atoms with Gasteiger partial charge in [-0.3, -0.25) is 9.59 Å².